The van der Waals surface area contributed by atoms with E-state index in [0.717, 1.165) is 5.56 Å². The Kier molecular flexibility index (Phi) is 8.19. The predicted octanol–water partition coefficient (Wildman–Crippen LogP) is 4.35. The standard InChI is InChI=1S/C21H22Cl3N5O2S/c1-14(2)32(30,31)28-21(26-17-6-3-15(22)4-7-17)27-20(12-29-10-9-25-13-29)18-8-5-16(23)11-19(18)24/h3-11,13-14,20H,12H2,1-2H3,(H2,26,27,28)/p+1. The number of hydrogen-bond donors (Lipinski definition) is 2. The minimum absolute atomic E-state index is 0.178. The molecule has 0 aliphatic heterocycles. The molecule has 0 spiro atoms. The Morgan fingerprint density at radius 2 is 1.81 bits per heavy atom. The van der Waals surface area contributed by atoms with Gasteiger partial charge in [-0.25, -0.2) is 13.4 Å². The second-order valence-corrected chi connectivity index (χ2v) is 10.8. The zero-order valence-electron chi connectivity index (χ0n) is 17.4. The molecule has 0 radical (unpaired) electrons. The van der Waals surface area contributed by atoms with Gasteiger partial charge in [0, 0.05) is 33.7 Å². The summed E-state index contributed by atoms with van der Waals surface area (Å²) in [5.74, 6) is 0.178. The van der Waals surface area contributed by atoms with E-state index in [0.29, 0.717) is 27.3 Å². The number of imidazole rings is 1. The average molecular weight is 516 g/mol. The molecule has 0 amide bonds. The lowest BCUT2D eigenvalue weighted by molar-refractivity contribution is -0.590. The van der Waals surface area contributed by atoms with E-state index in [4.69, 9.17) is 34.8 Å². The van der Waals surface area contributed by atoms with Crippen LogP contribution in [0.1, 0.15) is 25.5 Å². The van der Waals surface area contributed by atoms with Crippen LogP contribution in [0, 0.1) is 0 Å². The number of sulfonamides is 1. The van der Waals surface area contributed by atoms with Crippen molar-refractivity contribution in [3.63, 3.8) is 0 Å². The number of anilines is 1. The van der Waals surface area contributed by atoms with E-state index in [1.54, 1.807) is 68.1 Å². The topological polar surface area (TPSA) is 93.0 Å². The highest BCUT2D eigenvalue weighted by atomic mass is 35.5. The lowest BCUT2D eigenvalue weighted by Crippen LogP contribution is -2.91. The first kappa shape index (κ1) is 24.5. The Labute approximate surface area is 202 Å². The highest BCUT2D eigenvalue weighted by Crippen LogP contribution is 2.25. The van der Waals surface area contributed by atoms with Gasteiger partial charge in [-0.1, -0.05) is 45.3 Å². The number of guanidine groups is 1. The van der Waals surface area contributed by atoms with Crippen LogP contribution >= 0.6 is 34.8 Å². The van der Waals surface area contributed by atoms with Gasteiger partial charge in [0.2, 0.25) is 0 Å². The zero-order valence-corrected chi connectivity index (χ0v) is 20.5. The Morgan fingerprint density at radius 1 is 1.12 bits per heavy atom. The maximum atomic E-state index is 12.6. The molecule has 1 unspecified atom stereocenters. The minimum atomic E-state index is -3.74. The Hall–Kier alpha value is -2.10. The molecule has 170 valence electrons. The second-order valence-electron chi connectivity index (χ2n) is 7.37. The molecule has 0 saturated carbocycles. The van der Waals surface area contributed by atoms with Crippen LogP contribution in [0.15, 0.2) is 65.6 Å². The van der Waals surface area contributed by atoms with Gasteiger partial charge in [0.1, 0.15) is 6.04 Å². The molecule has 0 aliphatic carbocycles. The number of quaternary nitrogens is 1. The summed E-state index contributed by atoms with van der Waals surface area (Å²) in [7, 11) is -3.74. The number of nitrogens with one attached hydrogen (secondary N) is 1. The van der Waals surface area contributed by atoms with Gasteiger partial charge in [0.25, 0.3) is 10.0 Å². The van der Waals surface area contributed by atoms with Crippen LogP contribution in [0.5, 0.6) is 0 Å². The molecule has 11 heteroatoms. The van der Waals surface area contributed by atoms with Crippen molar-refractivity contribution < 1.29 is 13.7 Å². The van der Waals surface area contributed by atoms with Crippen LogP contribution in [0.4, 0.5) is 5.69 Å². The van der Waals surface area contributed by atoms with Crippen LogP contribution in [-0.4, -0.2) is 29.2 Å². The summed E-state index contributed by atoms with van der Waals surface area (Å²) in [6.07, 6.45) is 5.17. The normalized spacial score (nSPS) is 13.4. The maximum absolute atomic E-state index is 12.6. The van der Waals surface area contributed by atoms with Gasteiger partial charge in [-0.2, -0.15) is 0 Å². The molecule has 3 aromatic rings. The minimum Gasteiger partial charge on any atom is -0.331 e. The highest BCUT2D eigenvalue weighted by molar-refractivity contribution is 7.90. The first-order valence-electron chi connectivity index (χ1n) is 9.76. The van der Waals surface area contributed by atoms with Crippen LogP contribution < -0.4 is 10.6 Å². The lowest BCUT2D eigenvalue weighted by Gasteiger charge is -2.19. The van der Waals surface area contributed by atoms with Crippen LogP contribution in [0.2, 0.25) is 15.1 Å². The molecule has 1 aromatic heterocycles. The number of hydrogen-bond acceptors (Lipinski definition) is 3. The predicted molar refractivity (Wildman–Crippen MR) is 130 cm³/mol. The molecule has 0 bridgehead atoms. The molecule has 1 heterocycles. The van der Waals surface area contributed by atoms with Gasteiger partial charge >= 0.3 is 5.96 Å². The van der Waals surface area contributed by atoms with Gasteiger partial charge in [0.15, 0.2) is 0 Å². The van der Waals surface area contributed by atoms with Crippen molar-refractivity contribution in [3.8, 4) is 0 Å². The molecule has 0 saturated heterocycles. The Balaban J connectivity index is 2.01. The van der Waals surface area contributed by atoms with Crippen molar-refractivity contribution in [1.82, 2.24) is 9.55 Å². The van der Waals surface area contributed by atoms with E-state index < -0.39 is 15.3 Å². The molecule has 0 fully saturated rings. The number of aromatic nitrogens is 2. The summed E-state index contributed by atoms with van der Waals surface area (Å²) < 4.78 is 31.1. The smallest absolute Gasteiger partial charge is 0.315 e. The molecule has 2 aromatic carbocycles. The van der Waals surface area contributed by atoms with E-state index in [9.17, 15) is 8.42 Å². The number of halogens is 3. The van der Waals surface area contributed by atoms with Gasteiger partial charge in [-0.15, -0.1) is 0 Å². The number of rotatable bonds is 7. The van der Waals surface area contributed by atoms with Gasteiger partial charge < -0.3 is 4.57 Å². The molecule has 3 rings (SSSR count). The number of benzene rings is 2. The number of nitrogens with two attached hydrogens (primary N) is 1. The summed E-state index contributed by atoms with van der Waals surface area (Å²) in [5.41, 5.74) is 1.42. The zero-order chi connectivity index (χ0) is 23.3. The average Bonchev–Trinajstić information content (AvgIpc) is 3.22. The van der Waals surface area contributed by atoms with Crippen molar-refractivity contribution in [2.24, 2.45) is 4.40 Å². The van der Waals surface area contributed by atoms with E-state index in [2.05, 4.69) is 14.7 Å². The third-order valence-corrected chi connectivity index (χ3v) is 7.08. The summed E-state index contributed by atoms with van der Waals surface area (Å²) in [4.78, 5) is 4.08. The summed E-state index contributed by atoms with van der Waals surface area (Å²) in [6, 6.07) is 11.8. The lowest BCUT2D eigenvalue weighted by atomic mass is 10.1. The first-order valence-corrected chi connectivity index (χ1v) is 12.4. The fourth-order valence-electron chi connectivity index (χ4n) is 2.87. The number of nitrogens with zero attached hydrogens (tertiary/aromatic N) is 3. The third-order valence-electron chi connectivity index (χ3n) is 4.63. The fourth-order valence-corrected chi connectivity index (χ4v) is 4.14. The summed E-state index contributed by atoms with van der Waals surface area (Å²) >= 11 is 18.5. The van der Waals surface area contributed by atoms with Gasteiger partial charge in [-0.3, -0.25) is 10.6 Å². The van der Waals surface area contributed by atoms with Crippen molar-refractivity contribution in [2.75, 3.05) is 5.32 Å². The third kappa shape index (κ3) is 6.70. The molecule has 0 aliphatic rings. The van der Waals surface area contributed by atoms with Crippen molar-refractivity contribution in [1.29, 1.82) is 0 Å². The van der Waals surface area contributed by atoms with E-state index in [1.807, 2.05) is 16.8 Å². The van der Waals surface area contributed by atoms with Gasteiger partial charge in [-0.05, 0) is 50.2 Å². The van der Waals surface area contributed by atoms with Crippen molar-refractivity contribution >= 4 is 56.5 Å². The van der Waals surface area contributed by atoms with E-state index in [-0.39, 0.29) is 12.0 Å². The van der Waals surface area contributed by atoms with Crippen molar-refractivity contribution in [3.05, 3.63) is 81.8 Å². The Morgan fingerprint density at radius 3 is 2.41 bits per heavy atom. The summed E-state index contributed by atoms with van der Waals surface area (Å²) in [5, 5.41) is 5.70. The molecule has 1 atom stereocenters. The SMILES string of the molecule is CC(C)S(=O)(=O)/N=C(\Nc1ccc(Cl)cc1)[NH2+]C(Cn1ccnc1)c1ccc(Cl)cc1Cl. The van der Waals surface area contributed by atoms with Crippen LogP contribution in [0.25, 0.3) is 0 Å². The monoisotopic (exact) mass is 514 g/mol. The van der Waals surface area contributed by atoms with Crippen molar-refractivity contribution in [2.45, 2.75) is 31.7 Å². The van der Waals surface area contributed by atoms with Crippen LogP contribution in [-0.2, 0) is 16.6 Å². The first-order chi connectivity index (χ1) is 15.1. The molecular weight excluding hydrogens is 493 g/mol. The second kappa shape index (κ2) is 10.7. The molecule has 7 nitrogen and oxygen atoms in total. The molecule has 32 heavy (non-hydrogen) atoms. The maximum Gasteiger partial charge on any atom is 0.315 e. The van der Waals surface area contributed by atoms with Crippen LogP contribution in [0.3, 0.4) is 0 Å². The Bertz CT molecular complexity index is 1180. The molecule has 3 N–H and O–H groups in total. The highest BCUT2D eigenvalue weighted by Gasteiger charge is 2.25. The largest absolute Gasteiger partial charge is 0.331 e. The quantitative estimate of drug-likeness (QED) is 0.361. The summed E-state index contributed by atoms with van der Waals surface area (Å²) in [6.45, 7) is 3.62. The van der Waals surface area contributed by atoms with E-state index in [1.165, 1.54) is 0 Å². The van der Waals surface area contributed by atoms with E-state index >= 15 is 0 Å². The van der Waals surface area contributed by atoms with Gasteiger partial charge in [0.05, 0.1) is 23.1 Å². The fraction of sp³-hybridized carbons (Fsp3) is 0.238. The molecular formula is C21H23Cl3N5O2S+.